The number of hydrogen-bond acceptors (Lipinski definition) is 3. The monoisotopic (exact) mass is 293 g/mol. The van der Waals surface area contributed by atoms with Crippen molar-refractivity contribution < 1.29 is 14.7 Å². The molecule has 5 heteroatoms. The predicted molar refractivity (Wildman–Crippen MR) is 79.8 cm³/mol. The van der Waals surface area contributed by atoms with Crippen molar-refractivity contribution in [2.75, 3.05) is 6.54 Å². The molecule has 1 amide bonds. The van der Waals surface area contributed by atoms with Gasteiger partial charge in [-0.25, -0.2) is 0 Å². The lowest BCUT2D eigenvalue weighted by atomic mass is 10.1. The predicted octanol–water partition coefficient (Wildman–Crippen LogP) is 2.08. The van der Waals surface area contributed by atoms with Crippen LogP contribution in [0.5, 0.6) is 0 Å². The lowest BCUT2D eigenvalue weighted by Crippen LogP contribution is -2.26. The highest BCUT2D eigenvalue weighted by Gasteiger charge is 2.26. The fraction of sp³-hybridized carbons (Fsp3) is 0.467. The van der Waals surface area contributed by atoms with Gasteiger partial charge in [0.15, 0.2) is 0 Å². The number of rotatable bonds is 5. The van der Waals surface area contributed by atoms with Crippen LogP contribution in [0.25, 0.3) is 0 Å². The van der Waals surface area contributed by atoms with Gasteiger partial charge < -0.3 is 10.4 Å². The second-order valence-electron chi connectivity index (χ2n) is 4.97. The molecule has 0 aromatic heterocycles. The average molecular weight is 293 g/mol. The first-order valence-corrected chi connectivity index (χ1v) is 7.78. The molecule has 0 bridgehead atoms. The fourth-order valence-electron chi connectivity index (χ4n) is 2.31. The van der Waals surface area contributed by atoms with Crippen molar-refractivity contribution in [2.45, 2.75) is 36.2 Å². The minimum absolute atomic E-state index is 0.0313. The van der Waals surface area contributed by atoms with Crippen molar-refractivity contribution in [3.63, 3.8) is 0 Å². The molecule has 4 nitrogen and oxygen atoms in total. The number of thioether (sulfide) groups is 1. The first-order valence-electron chi connectivity index (χ1n) is 6.84. The molecule has 1 aliphatic heterocycles. The number of carbonyl (C=O) groups is 2. The Morgan fingerprint density at radius 3 is 2.85 bits per heavy atom. The summed E-state index contributed by atoms with van der Waals surface area (Å²) in [7, 11) is 0. The third-order valence-corrected chi connectivity index (χ3v) is 4.82. The Bertz CT molecular complexity index is 463. The Hall–Kier alpha value is -1.49. The van der Waals surface area contributed by atoms with Crippen molar-refractivity contribution in [1.82, 2.24) is 5.32 Å². The molecule has 1 heterocycles. The quantitative estimate of drug-likeness (QED) is 0.872. The van der Waals surface area contributed by atoms with E-state index in [4.69, 9.17) is 0 Å². The third kappa shape index (κ3) is 4.56. The molecule has 1 aromatic rings. The molecule has 1 saturated heterocycles. The van der Waals surface area contributed by atoms with Gasteiger partial charge >= 0.3 is 5.97 Å². The number of aliphatic carboxylic acids is 1. The number of carbonyl (C=O) groups excluding carboxylic acids is 1. The van der Waals surface area contributed by atoms with Crippen LogP contribution in [0.1, 0.15) is 24.8 Å². The van der Waals surface area contributed by atoms with Crippen molar-refractivity contribution >= 4 is 23.6 Å². The molecule has 0 aliphatic carbocycles. The molecule has 0 saturated carbocycles. The molecule has 2 atom stereocenters. The van der Waals surface area contributed by atoms with E-state index in [1.165, 1.54) is 11.8 Å². The molecule has 1 fully saturated rings. The van der Waals surface area contributed by atoms with E-state index < -0.39 is 11.2 Å². The number of hydrogen-bond donors (Lipinski definition) is 2. The molecule has 1 aliphatic rings. The Labute approximate surface area is 123 Å². The van der Waals surface area contributed by atoms with Gasteiger partial charge in [-0.1, -0.05) is 30.3 Å². The van der Waals surface area contributed by atoms with Gasteiger partial charge in [-0.3, -0.25) is 9.59 Å². The molecule has 0 radical (unpaired) electrons. The molecule has 2 unspecified atom stereocenters. The van der Waals surface area contributed by atoms with Gasteiger partial charge in [0, 0.05) is 18.2 Å². The molecule has 0 spiro atoms. The number of carboxylic acid groups (broad SMARTS) is 1. The lowest BCUT2D eigenvalue weighted by molar-refractivity contribution is -0.136. The van der Waals surface area contributed by atoms with Crippen LogP contribution < -0.4 is 5.32 Å². The van der Waals surface area contributed by atoms with Gasteiger partial charge in [-0.2, -0.15) is 0 Å². The summed E-state index contributed by atoms with van der Waals surface area (Å²) in [5.41, 5.74) is 1.02. The van der Waals surface area contributed by atoms with Crippen molar-refractivity contribution in [3.05, 3.63) is 35.9 Å². The molecule has 2 N–H and O–H groups in total. The first kappa shape index (κ1) is 14.9. The Morgan fingerprint density at radius 2 is 2.15 bits per heavy atom. The highest BCUT2D eigenvalue weighted by Crippen LogP contribution is 2.28. The maximum absolute atomic E-state index is 11.5. The van der Waals surface area contributed by atoms with Gasteiger partial charge in [-0.15, -0.1) is 11.8 Å². The Morgan fingerprint density at radius 1 is 1.40 bits per heavy atom. The van der Waals surface area contributed by atoms with Gasteiger partial charge in [-0.05, 0) is 24.8 Å². The van der Waals surface area contributed by atoms with E-state index in [0.717, 1.165) is 18.4 Å². The number of nitrogens with one attached hydrogen (secondary N) is 1. The highest BCUT2D eigenvalue weighted by molar-refractivity contribution is 8.01. The van der Waals surface area contributed by atoms with Crippen LogP contribution in [0.3, 0.4) is 0 Å². The molecular formula is C15H19NO3S. The normalized spacial score (nSPS) is 20.8. The first-order chi connectivity index (χ1) is 9.65. The fourth-order valence-corrected chi connectivity index (χ4v) is 3.73. The van der Waals surface area contributed by atoms with E-state index in [1.807, 2.05) is 30.3 Å². The van der Waals surface area contributed by atoms with Crippen LogP contribution in [0.15, 0.2) is 30.3 Å². The molecule has 2 rings (SSSR count). The summed E-state index contributed by atoms with van der Waals surface area (Å²) < 4.78 is 0. The van der Waals surface area contributed by atoms with Gasteiger partial charge in [0.25, 0.3) is 0 Å². The summed E-state index contributed by atoms with van der Waals surface area (Å²) in [6.45, 7) is 0.701. The number of amides is 1. The summed E-state index contributed by atoms with van der Waals surface area (Å²) in [5, 5.41) is 11.8. The smallest absolute Gasteiger partial charge is 0.316 e. The van der Waals surface area contributed by atoms with Crippen molar-refractivity contribution in [1.29, 1.82) is 0 Å². The van der Waals surface area contributed by atoms with Crippen molar-refractivity contribution in [3.8, 4) is 0 Å². The third-order valence-electron chi connectivity index (χ3n) is 3.33. The highest BCUT2D eigenvalue weighted by atomic mass is 32.2. The van der Waals surface area contributed by atoms with Crippen LogP contribution in [0, 0.1) is 0 Å². The number of carboxylic acids is 1. The second-order valence-corrected chi connectivity index (χ2v) is 6.48. The standard InChI is InChI=1S/C15H19NO3S/c17-14-10-12(7-4-8-16-14)20-13(15(18)19)9-11-5-2-1-3-6-11/h1-3,5-6,12-13H,4,7-10H2,(H,16,17)(H,18,19). The SMILES string of the molecule is O=C1CC(SC(Cc2ccccc2)C(=O)O)CCCN1. The minimum atomic E-state index is -0.802. The zero-order valence-electron chi connectivity index (χ0n) is 11.2. The van der Waals surface area contributed by atoms with Gasteiger partial charge in [0.2, 0.25) is 5.91 Å². The zero-order chi connectivity index (χ0) is 14.4. The van der Waals surface area contributed by atoms with Crippen LogP contribution in [0.4, 0.5) is 0 Å². The van der Waals surface area contributed by atoms with E-state index in [1.54, 1.807) is 0 Å². The average Bonchev–Trinajstić information content (AvgIpc) is 2.63. The Balaban J connectivity index is 1.98. The van der Waals surface area contributed by atoms with E-state index in [0.29, 0.717) is 19.4 Å². The van der Waals surface area contributed by atoms with Crippen LogP contribution in [-0.2, 0) is 16.0 Å². The van der Waals surface area contributed by atoms with Crippen LogP contribution in [-0.4, -0.2) is 34.0 Å². The van der Waals surface area contributed by atoms with Crippen LogP contribution in [0.2, 0.25) is 0 Å². The molecule has 1 aromatic carbocycles. The summed E-state index contributed by atoms with van der Waals surface area (Å²) >= 11 is 1.43. The second kappa shape index (κ2) is 7.33. The molecule has 20 heavy (non-hydrogen) atoms. The van der Waals surface area contributed by atoms with Gasteiger partial charge in [0.1, 0.15) is 5.25 Å². The van der Waals surface area contributed by atoms with E-state index >= 15 is 0 Å². The Kier molecular flexibility index (Phi) is 5.47. The largest absolute Gasteiger partial charge is 0.480 e. The van der Waals surface area contributed by atoms with E-state index in [2.05, 4.69) is 5.32 Å². The maximum Gasteiger partial charge on any atom is 0.316 e. The lowest BCUT2D eigenvalue weighted by Gasteiger charge is -2.18. The van der Waals surface area contributed by atoms with Crippen LogP contribution >= 0.6 is 11.8 Å². The summed E-state index contributed by atoms with van der Waals surface area (Å²) in [6.07, 6.45) is 2.73. The minimum Gasteiger partial charge on any atom is -0.480 e. The van der Waals surface area contributed by atoms with E-state index in [-0.39, 0.29) is 11.2 Å². The molecular weight excluding hydrogens is 274 g/mol. The maximum atomic E-state index is 11.5. The summed E-state index contributed by atoms with van der Waals surface area (Å²) in [4.78, 5) is 23.0. The summed E-state index contributed by atoms with van der Waals surface area (Å²) in [6, 6.07) is 9.63. The van der Waals surface area contributed by atoms with Gasteiger partial charge in [0.05, 0.1) is 0 Å². The molecule has 108 valence electrons. The number of benzene rings is 1. The zero-order valence-corrected chi connectivity index (χ0v) is 12.1. The summed E-state index contributed by atoms with van der Waals surface area (Å²) in [5.74, 6) is -0.771. The van der Waals surface area contributed by atoms with E-state index in [9.17, 15) is 14.7 Å². The topological polar surface area (TPSA) is 66.4 Å². The van der Waals surface area contributed by atoms with Crippen molar-refractivity contribution in [2.24, 2.45) is 0 Å².